The summed E-state index contributed by atoms with van der Waals surface area (Å²) in [5.74, 6) is 6.19. The highest BCUT2D eigenvalue weighted by atomic mass is 16.6. The Morgan fingerprint density at radius 2 is 1.79 bits per heavy atom. The number of benzene rings is 1. The molecule has 1 amide bonds. The van der Waals surface area contributed by atoms with Gasteiger partial charge in [0.05, 0.1) is 24.0 Å². The minimum absolute atomic E-state index is 0.0144. The topological polar surface area (TPSA) is 164 Å². The average molecular weight is 867 g/mol. The summed E-state index contributed by atoms with van der Waals surface area (Å²) in [6.07, 6.45) is 16.2. The van der Waals surface area contributed by atoms with Gasteiger partial charge in [-0.15, -0.1) is 5.92 Å². The summed E-state index contributed by atoms with van der Waals surface area (Å²) in [4.78, 5) is 43.9. The monoisotopic (exact) mass is 867 g/mol. The Hall–Kier alpha value is -3.59. The second-order valence-electron chi connectivity index (χ2n) is 21.8. The number of hydrogen-bond acceptors (Lipinski definition) is 10. The summed E-state index contributed by atoms with van der Waals surface area (Å²) < 4.78 is 20.6. The number of hydrogen-bond donors (Lipinski definition) is 5. The van der Waals surface area contributed by atoms with Crippen molar-refractivity contribution in [1.29, 1.82) is 0 Å². The van der Waals surface area contributed by atoms with Gasteiger partial charge >= 0.3 is 11.9 Å². The maximum atomic E-state index is 15.8. The van der Waals surface area contributed by atoms with Gasteiger partial charge in [-0.3, -0.25) is 9.59 Å². The summed E-state index contributed by atoms with van der Waals surface area (Å²) in [7, 11) is 0. The molecule has 0 radical (unpaired) electrons. The summed E-state index contributed by atoms with van der Waals surface area (Å²) in [5, 5.41) is 40.8. The first-order valence-electron chi connectivity index (χ1n) is 24.8. The van der Waals surface area contributed by atoms with Crippen LogP contribution in [0.1, 0.15) is 152 Å². The number of ether oxygens (including phenoxy) is 3. The van der Waals surface area contributed by atoms with Crippen LogP contribution in [0.5, 0.6) is 11.5 Å². The minimum atomic E-state index is -1.15. The van der Waals surface area contributed by atoms with Crippen molar-refractivity contribution < 1.29 is 43.9 Å². The first-order chi connectivity index (χ1) is 30.4. The van der Waals surface area contributed by atoms with Crippen molar-refractivity contribution >= 4 is 17.8 Å². The summed E-state index contributed by atoms with van der Waals surface area (Å²) in [6.45, 7) is 5.11. The maximum Gasteiger partial charge on any atom is 0.332 e. The van der Waals surface area contributed by atoms with Crippen LogP contribution < -0.4 is 15.4 Å². The van der Waals surface area contributed by atoms with Crippen molar-refractivity contribution in [2.75, 3.05) is 26.3 Å². The molecule has 2 saturated heterocycles. The van der Waals surface area contributed by atoms with E-state index in [4.69, 9.17) is 14.2 Å². The van der Waals surface area contributed by atoms with Gasteiger partial charge in [0, 0.05) is 54.1 Å². The fourth-order valence-corrected chi connectivity index (χ4v) is 15.8. The number of carbonyl (C=O) groups excluding carboxylic acids is 3. The predicted molar refractivity (Wildman–Crippen MR) is 235 cm³/mol. The van der Waals surface area contributed by atoms with E-state index < -0.39 is 46.6 Å². The third-order valence-corrected chi connectivity index (χ3v) is 18.6. The second-order valence-corrected chi connectivity index (χ2v) is 21.8. The fraction of sp³-hybridized carbons (Fsp3) is 0.750. The van der Waals surface area contributed by atoms with E-state index in [2.05, 4.69) is 40.7 Å². The van der Waals surface area contributed by atoms with Crippen LogP contribution >= 0.6 is 0 Å². The Balaban J connectivity index is 1.22. The SMILES string of the molecule is CC(=O)O[C@@H]1C[C@@H](C[C@H](C)O)CC#C[C@@H]2C[C@H]3c4c(ccc(O)c4OC[C@H]3C3(CO)CCCC3)[C@@H]2C2(CCNCC2)[C@@H]2OC(=O)[C@]34CCCC[C@H]3C[C@@]3(CCC[C@@H]3/C=C/[C@H]21)C(=O)N4. The molecular formula is C52H70N2O9. The first kappa shape index (κ1) is 43.3. The molecule has 0 aromatic heterocycles. The number of amides is 1. The molecule has 1 aromatic carbocycles. The molecule has 5 aliphatic heterocycles. The van der Waals surface area contributed by atoms with Crippen molar-refractivity contribution in [2.24, 2.45) is 51.8 Å². The second kappa shape index (κ2) is 16.7. The van der Waals surface area contributed by atoms with E-state index in [9.17, 15) is 24.9 Å². The van der Waals surface area contributed by atoms with Gasteiger partial charge in [0.15, 0.2) is 11.5 Å². The van der Waals surface area contributed by atoms with Crippen molar-refractivity contribution in [1.82, 2.24) is 10.6 Å². The zero-order valence-corrected chi connectivity index (χ0v) is 37.5. The fourth-order valence-electron chi connectivity index (χ4n) is 15.8. The first-order valence-corrected chi connectivity index (χ1v) is 24.8. The predicted octanol–water partition coefficient (Wildman–Crippen LogP) is 6.96. The van der Waals surface area contributed by atoms with Crippen LogP contribution in [0.3, 0.4) is 0 Å². The Morgan fingerprint density at radius 1 is 1.00 bits per heavy atom. The van der Waals surface area contributed by atoms with Crippen LogP contribution in [0.25, 0.3) is 0 Å². The van der Waals surface area contributed by atoms with E-state index in [-0.39, 0.29) is 71.1 Å². The van der Waals surface area contributed by atoms with Crippen LogP contribution in [-0.2, 0) is 23.9 Å². The summed E-state index contributed by atoms with van der Waals surface area (Å²) >= 11 is 0. The van der Waals surface area contributed by atoms with E-state index in [1.54, 1.807) is 13.0 Å². The Labute approximate surface area is 373 Å². The molecule has 5 aliphatic carbocycles. The lowest BCUT2D eigenvalue weighted by Crippen LogP contribution is -2.69. The highest BCUT2D eigenvalue weighted by Gasteiger charge is 2.65. The third kappa shape index (κ3) is 7.05. The molecule has 3 saturated carbocycles. The maximum absolute atomic E-state index is 15.8. The van der Waals surface area contributed by atoms with Crippen molar-refractivity contribution in [3.8, 4) is 23.3 Å². The van der Waals surface area contributed by atoms with Crippen molar-refractivity contribution in [3.63, 3.8) is 0 Å². The van der Waals surface area contributed by atoms with E-state index in [0.29, 0.717) is 76.8 Å². The lowest BCUT2D eigenvalue weighted by Gasteiger charge is -2.57. The van der Waals surface area contributed by atoms with Crippen molar-refractivity contribution in [2.45, 2.75) is 165 Å². The number of fused-ring (bicyclic) bond motifs is 5. The third-order valence-electron chi connectivity index (χ3n) is 18.6. The van der Waals surface area contributed by atoms with E-state index in [0.717, 1.165) is 75.3 Å². The molecule has 5 heterocycles. The lowest BCUT2D eigenvalue weighted by atomic mass is 9.50. The molecule has 11 nitrogen and oxygen atoms in total. The Morgan fingerprint density at radius 3 is 2.56 bits per heavy atom. The zero-order chi connectivity index (χ0) is 43.7. The van der Waals surface area contributed by atoms with Gasteiger partial charge in [-0.05, 0) is 132 Å². The van der Waals surface area contributed by atoms with Crippen LogP contribution in [0.4, 0.5) is 0 Å². The number of esters is 2. The Kier molecular flexibility index (Phi) is 11.5. The number of nitrogens with one attached hydrogen (secondary N) is 2. The molecular weight excluding hydrogens is 797 g/mol. The Bertz CT molecular complexity index is 2040. The molecule has 11 heteroatoms. The number of aromatic hydroxyl groups is 1. The van der Waals surface area contributed by atoms with Gasteiger partial charge in [-0.25, -0.2) is 4.79 Å². The van der Waals surface area contributed by atoms with E-state index >= 15 is 4.79 Å². The van der Waals surface area contributed by atoms with Gasteiger partial charge in [0.25, 0.3) is 0 Å². The molecule has 10 aliphatic rings. The number of allylic oxidation sites excluding steroid dienone is 1. The van der Waals surface area contributed by atoms with Gasteiger partial charge in [-0.1, -0.05) is 56.2 Å². The number of phenolic OH excluding ortho intramolecular Hbond substituents is 1. The van der Waals surface area contributed by atoms with Gasteiger partial charge in [-0.2, -0.15) is 0 Å². The molecule has 1 aromatic rings. The molecule has 11 rings (SSSR count). The van der Waals surface area contributed by atoms with Crippen molar-refractivity contribution in [3.05, 3.63) is 35.4 Å². The van der Waals surface area contributed by atoms with Crippen LogP contribution in [0.2, 0.25) is 0 Å². The average Bonchev–Trinajstić information content (AvgIpc) is 3.92. The number of carbonyl (C=O) groups is 3. The highest BCUT2D eigenvalue weighted by molar-refractivity contribution is 5.93. The molecule has 342 valence electrons. The van der Waals surface area contributed by atoms with Gasteiger partial charge < -0.3 is 40.2 Å². The lowest BCUT2D eigenvalue weighted by molar-refractivity contribution is -0.189. The molecule has 2 bridgehead atoms. The minimum Gasteiger partial charge on any atom is -0.504 e. The quantitative estimate of drug-likeness (QED) is 0.119. The normalized spacial score (nSPS) is 40.8. The van der Waals surface area contributed by atoms with Crippen LogP contribution in [0.15, 0.2) is 24.3 Å². The summed E-state index contributed by atoms with van der Waals surface area (Å²) in [5.41, 5.74) is -0.715. The van der Waals surface area contributed by atoms with E-state index in [1.807, 2.05) is 0 Å². The molecule has 13 atom stereocenters. The molecule has 63 heavy (non-hydrogen) atoms. The molecule has 3 spiro atoms. The van der Waals surface area contributed by atoms with E-state index in [1.165, 1.54) is 6.92 Å². The molecule has 5 N–H and O–H groups in total. The van der Waals surface area contributed by atoms with Gasteiger partial charge in [0.1, 0.15) is 17.7 Å². The molecule has 0 unspecified atom stereocenters. The highest BCUT2D eigenvalue weighted by Crippen LogP contribution is 2.66. The zero-order valence-electron chi connectivity index (χ0n) is 37.5. The standard InChI is InChI=1S/C52H70N2O9/c1-31(56)25-33-9-7-10-34-27-39-40(49(30-55)17-5-6-18-49)29-61-45-41(58)16-15-38(43(39)45)44(34)50(21-23-53-24-22-50)46-37(42(26-33)62-32(2)57)14-13-35-12-8-19-51(35)28-36-11-3-4-20-52(36,48(60)63-46)54-47(51)59/h13-16,31,33-37,39-40,42,44,46,53,55-56,58H,3-6,8-9,11-12,17-30H2,1-2H3,(H,54,59)/b14-13+/t31-,33+,34+,35+,36-,37-,39+,40+,42+,44+,46+,51+,52-/m0/s1. The van der Waals surface area contributed by atoms with Crippen LogP contribution in [-0.4, -0.2) is 83.3 Å². The summed E-state index contributed by atoms with van der Waals surface area (Å²) in [6, 6.07) is 3.84. The smallest absolute Gasteiger partial charge is 0.332 e. The number of phenols is 1. The number of rotatable bonds is 5. The van der Waals surface area contributed by atoms with Gasteiger partial charge in [0.2, 0.25) is 5.91 Å². The number of aliphatic hydroxyl groups excluding tert-OH is 2. The molecule has 5 fully saturated rings. The number of piperidine rings is 2. The number of aliphatic hydroxyl groups is 2. The van der Waals surface area contributed by atoms with Crippen LogP contribution in [0, 0.1) is 63.6 Å². The largest absolute Gasteiger partial charge is 0.504 e.